The molecule has 0 amide bonds. The van der Waals surface area contributed by atoms with Crippen LogP contribution in [0, 0.1) is 18.8 Å². The van der Waals surface area contributed by atoms with E-state index in [2.05, 4.69) is 23.8 Å². The molecule has 0 unspecified atom stereocenters. The molecule has 1 aromatic rings. The lowest BCUT2D eigenvalue weighted by molar-refractivity contribution is 0.152. The second-order valence-corrected chi connectivity index (χ2v) is 6.19. The summed E-state index contributed by atoms with van der Waals surface area (Å²) in [5.41, 5.74) is 2.26. The lowest BCUT2D eigenvalue weighted by Gasteiger charge is -2.33. The molecule has 1 saturated heterocycles. The van der Waals surface area contributed by atoms with Crippen LogP contribution < -0.4 is 0 Å². The summed E-state index contributed by atoms with van der Waals surface area (Å²) < 4.78 is 1.77. The van der Waals surface area contributed by atoms with E-state index in [4.69, 9.17) is 11.6 Å². The van der Waals surface area contributed by atoms with Crippen molar-refractivity contribution in [2.45, 2.75) is 40.2 Å². The monoisotopic (exact) mass is 269 g/mol. The number of nitrogens with zero attached hydrogens (tertiary/aromatic N) is 3. The Kier molecular flexibility index (Phi) is 4.33. The zero-order valence-corrected chi connectivity index (χ0v) is 12.7. The maximum atomic E-state index is 6.29. The van der Waals surface area contributed by atoms with Gasteiger partial charge in [0.1, 0.15) is 5.15 Å². The Hall–Kier alpha value is -0.540. The Bertz CT molecular complexity index is 403. The van der Waals surface area contributed by atoms with Gasteiger partial charge in [-0.25, -0.2) is 0 Å². The van der Waals surface area contributed by atoms with Crippen LogP contribution in [0.2, 0.25) is 5.15 Å². The van der Waals surface area contributed by atoms with Gasteiger partial charge in [-0.1, -0.05) is 25.4 Å². The Morgan fingerprint density at radius 3 is 2.39 bits per heavy atom. The van der Waals surface area contributed by atoms with Crippen molar-refractivity contribution >= 4 is 11.6 Å². The number of hydrogen-bond donors (Lipinski definition) is 0. The molecule has 0 radical (unpaired) electrons. The Morgan fingerprint density at radius 2 is 1.94 bits per heavy atom. The van der Waals surface area contributed by atoms with Crippen LogP contribution in [-0.4, -0.2) is 27.8 Å². The van der Waals surface area contributed by atoms with E-state index < -0.39 is 0 Å². The van der Waals surface area contributed by atoms with Gasteiger partial charge in [-0.2, -0.15) is 5.10 Å². The van der Waals surface area contributed by atoms with E-state index in [1.54, 1.807) is 4.68 Å². The van der Waals surface area contributed by atoms with E-state index in [1.807, 2.05) is 14.0 Å². The number of likely N-dealkylation sites (tertiary alicyclic amines) is 1. The van der Waals surface area contributed by atoms with Gasteiger partial charge in [-0.15, -0.1) is 0 Å². The average Bonchev–Trinajstić information content (AvgIpc) is 2.57. The van der Waals surface area contributed by atoms with Crippen LogP contribution in [-0.2, 0) is 13.6 Å². The number of piperidine rings is 1. The van der Waals surface area contributed by atoms with E-state index in [0.29, 0.717) is 0 Å². The SMILES string of the molecule is Cc1nn(C)c(Cl)c1CN1CCC(C(C)C)CC1. The van der Waals surface area contributed by atoms with E-state index >= 15 is 0 Å². The van der Waals surface area contributed by atoms with E-state index in [9.17, 15) is 0 Å². The van der Waals surface area contributed by atoms with Crippen LogP contribution >= 0.6 is 11.6 Å². The van der Waals surface area contributed by atoms with Crippen LogP contribution in [0.1, 0.15) is 37.9 Å². The van der Waals surface area contributed by atoms with Gasteiger partial charge in [0.2, 0.25) is 0 Å². The molecule has 1 aliphatic heterocycles. The number of rotatable bonds is 3. The van der Waals surface area contributed by atoms with Gasteiger partial charge in [0.15, 0.2) is 0 Å². The van der Waals surface area contributed by atoms with Crippen molar-refractivity contribution < 1.29 is 0 Å². The minimum Gasteiger partial charge on any atom is -0.299 e. The lowest BCUT2D eigenvalue weighted by atomic mass is 9.86. The van der Waals surface area contributed by atoms with E-state index in [0.717, 1.165) is 29.2 Å². The molecule has 0 aliphatic carbocycles. The van der Waals surface area contributed by atoms with E-state index in [1.165, 1.54) is 31.5 Å². The summed E-state index contributed by atoms with van der Waals surface area (Å²) in [7, 11) is 1.91. The van der Waals surface area contributed by atoms with Gasteiger partial charge in [0.25, 0.3) is 0 Å². The van der Waals surface area contributed by atoms with Crippen molar-refractivity contribution in [1.29, 1.82) is 0 Å². The van der Waals surface area contributed by atoms with Crippen LogP contribution in [0.4, 0.5) is 0 Å². The van der Waals surface area contributed by atoms with Crippen molar-refractivity contribution in [1.82, 2.24) is 14.7 Å². The van der Waals surface area contributed by atoms with Crippen molar-refractivity contribution in [3.05, 3.63) is 16.4 Å². The van der Waals surface area contributed by atoms with Crippen LogP contribution in [0.25, 0.3) is 0 Å². The molecule has 1 fully saturated rings. The van der Waals surface area contributed by atoms with E-state index in [-0.39, 0.29) is 0 Å². The molecule has 0 aromatic carbocycles. The van der Waals surface area contributed by atoms with Crippen LogP contribution in [0.5, 0.6) is 0 Å². The molecular formula is C14H24ClN3. The smallest absolute Gasteiger partial charge is 0.131 e. The quantitative estimate of drug-likeness (QED) is 0.840. The van der Waals surface area contributed by atoms with Gasteiger partial charge in [0.05, 0.1) is 5.69 Å². The standard InChI is InChI=1S/C14H24ClN3/c1-10(2)12-5-7-18(8-6-12)9-13-11(3)16-17(4)14(13)15/h10,12H,5-9H2,1-4H3. The van der Waals surface area contributed by atoms with Gasteiger partial charge in [0, 0.05) is 19.2 Å². The summed E-state index contributed by atoms with van der Waals surface area (Å²) in [6.07, 6.45) is 2.63. The second kappa shape index (κ2) is 5.62. The highest BCUT2D eigenvalue weighted by atomic mass is 35.5. The van der Waals surface area contributed by atoms with Crippen LogP contribution in [0.15, 0.2) is 0 Å². The first kappa shape index (κ1) is 13.9. The Morgan fingerprint density at radius 1 is 1.33 bits per heavy atom. The van der Waals surface area contributed by atoms with Crippen molar-refractivity contribution in [3.8, 4) is 0 Å². The zero-order valence-electron chi connectivity index (χ0n) is 11.9. The molecular weight excluding hydrogens is 246 g/mol. The maximum absolute atomic E-state index is 6.29. The molecule has 0 atom stereocenters. The third kappa shape index (κ3) is 2.89. The molecule has 0 saturated carbocycles. The Balaban J connectivity index is 1.95. The van der Waals surface area contributed by atoms with Crippen molar-refractivity contribution in [3.63, 3.8) is 0 Å². The molecule has 2 rings (SSSR count). The summed E-state index contributed by atoms with van der Waals surface area (Å²) in [4.78, 5) is 2.51. The minimum atomic E-state index is 0.790. The molecule has 18 heavy (non-hydrogen) atoms. The van der Waals surface area contributed by atoms with Gasteiger partial charge in [-0.05, 0) is 44.7 Å². The number of aryl methyl sites for hydroxylation is 2. The van der Waals surface area contributed by atoms with Gasteiger partial charge < -0.3 is 0 Å². The number of hydrogen-bond acceptors (Lipinski definition) is 2. The number of halogens is 1. The fraction of sp³-hybridized carbons (Fsp3) is 0.786. The highest BCUT2D eigenvalue weighted by molar-refractivity contribution is 6.30. The molecule has 0 spiro atoms. The third-order valence-corrected chi connectivity index (χ3v) is 4.70. The maximum Gasteiger partial charge on any atom is 0.131 e. The first-order valence-corrected chi connectivity index (χ1v) is 7.27. The summed E-state index contributed by atoms with van der Waals surface area (Å²) in [6.45, 7) is 10.0. The predicted octanol–water partition coefficient (Wildman–Crippen LogP) is 3.25. The topological polar surface area (TPSA) is 21.1 Å². The molecule has 3 nitrogen and oxygen atoms in total. The molecule has 2 heterocycles. The van der Waals surface area contributed by atoms with Crippen molar-refractivity contribution in [2.24, 2.45) is 18.9 Å². The lowest BCUT2D eigenvalue weighted by Crippen LogP contribution is -2.34. The molecule has 1 aromatic heterocycles. The molecule has 4 heteroatoms. The Labute approximate surface area is 115 Å². The summed E-state index contributed by atoms with van der Waals surface area (Å²) in [5.74, 6) is 1.71. The molecule has 0 N–H and O–H groups in total. The fourth-order valence-corrected chi connectivity index (χ4v) is 3.09. The molecule has 1 aliphatic rings. The zero-order chi connectivity index (χ0) is 13.3. The summed E-state index contributed by atoms with van der Waals surface area (Å²) in [6, 6.07) is 0. The highest BCUT2D eigenvalue weighted by Crippen LogP contribution is 2.27. The first-order chi connectivity index (χ1) is 8.49. The average molecular weight is 270 g/mol. The van der Waals surface area contributed by atoms with Crippen LogP contribution in [0.3, 0.4) is 0 Å². The normalized spacial score (nSPS) is 18.8. The summed E-state index contributed by atoms with van der Waals surface area (Å²) >= 11 is 6.29. The second-order valence-electron chi connectivity index (χ2n) is 5.84. The summed E-state index contributed by atoms with van der Waals surface area (Å²) in [5, 5.41) is 5.17. The van der Waals surface area contributed by atoms with Gasteiger partial charge >= 0.3 is 0 Å². The predicted molar refractivity (Wildman–Crippen MR) is 75.8 cm³/mol. The minimum absolute atomic E-state index is 0.790. The molecule has 102 valence electrons. The number of aromatic nitrogens is 2. The van der Waals surface area contributed by atoms with Crippen molar-refractivity contribution in [2.75, 3.05) is 13.1 Å². The fourth-order valence-electron chi connectivity index (χ4n) is 2.85. The highest BCUT2D eigenvalue weighted by Gasteiger charge is 2.23. The first-order valence-electron chi connectivity index (χ1n) is 6.89. The largest absolute Gasteiger partial charge is 0.299 e. The third-order valence-electron chi connectivity index (χ3n) is 4.23. The molecule has 0 bridgehead atoms. The van der Waals surface area contributed by atoms with Gasteiger partial charge in [-0.3, -0.25) is 9.58 Å².